The van der Waals surface area contributed by atoms with Crippen LogP contribution in [0.3, 0.4) is 0 Å². The number of nitrogens with zero attached hydrogens (tertiary/aromatic N) is 2. The second-order valence-corrected chi connectivity index (χ2v) is 6.37. The summed E-state index contributed by atoms with van der Waals surface area (Å²) in [6.45, 7) is 3.44. The van der Waals surface area contributed by atoms with Gasteiger partial charge in [0.15, 0.2) is 0 Å². The topological polar surface area (TPSA) is 42.4 Å². The minimum atomic E-state index is 0.196. The molecule has 1 aromatic heterocycles. The lowest BCUT2D eigenvalue weighted by Gasteiger charge is -2.30. The third kappa shape index (κ3) is 3.75. The lowest BCUT2D eigenvalue weighted by atomic mass is 9.93. The van der Waals surface area contributed by atoms with Crippen LogP contribution in [0.2, 0.25) is 0 Å². The summed E-state index contributed by atoms with van der Waals surface area (Å²) in [6, 6.07) is 8.00. The van der Waals surface area contributed by atoms with Gasteiger partial charge in [-0.05, 0) is 55.0 Å². The minimum Gasteiger partial charge on any atom is -0.497 e. The third-order valence-corrected chi connectivity index (χ3v) is 4.81. The summed E-state index contributed by atoms with van der Waals surface area (Å²) >= 11 is 0. The molecule has 4 nitrogen and oxygen atoms in total. The van der Waals surface area contributed by atoms with Gasteiger partial charge in [-0.25, -0.2) is 0 Å². The number of likely N-dealkylation sites (tertiary alicyclic amines) is 1. The number of aromatic nitrogens is 1. The third-order valence-electron chi connectivity index (χ3n) is 4.81. The molecular formula is C20H24N2O2. The molecule has 1 aliphatic rings. The van der Waals surface area contributed by atoms with E-state index in [0.717, 1.165) is 49.0 Å². The SMILES string of the molecule is COc1ccc2nccc(/C=C\CC3CCN(C(C)=O)CC3)c2c1. The van der Waals surface area contributed by atoms with Crippen molar-refractivity contribution >= 4 is 22.9 Å². The number of pyridine rings is 1. The molecule has 1 aromatic carbocycles. The summed E-state index contributed by atoms with van der Waals surface area (Å²) in [7, 11) is 1.68. The van der Waals surface area contributed by atoms with Gasteiger partial charge in [0.25, 0.3) is 0 Å². The van der Waals surface area contributed by atoms with Gasteiger partial charge in [-0.15, -0.1) is 0 Å². The molecule has 1 amide bonds. The highest BCUT2D eigenvalue weighted by Gasteiger charge is 2.19. The summed E-state index contributed by atoms with van der Waals surface area (Å²) < 4.78 is 5.32. The Labute approximate surface area is 143 Å². The van der Waals surface area contributed by atoms with Crippen molar-refractivity contribution in [3.8, 4) is 5.75 Å². The van der Waals surface area contributed by atoms with Gasteiger partial charge in [0.2, 0.25) is 5.91 Å². The maximum Gasteiger partial charge on any atom is 0.219 e. The number of rotatable bonds is 4. The van der Waals surface area contributed by atoms with Gasteiger partial charge in [0, 0.05) is 31.6 Å². The minimum absolute atomic E-state index is 0.196. The van der Waals surface area contributed by atoms with Gasteiger partial charge in [-0.2, -0.15) is 0 Å². The molecule has 0 bridgehead atoms. The second-order valence-electron chi connectivity index (χ2n) is 6.37. The van der Waals surface area contributed by atoms with Crippen LogP contribution in [0.5, 0.6) is 5.75 Å². The van der Waals surface area contributed by atoms with Crippen molar-refractivity contribution in [2.45, 2.75) is 26.2 Å². The number of methoxy groups -OCH3 is 1. The first-order chi connectivity index (χ1) is 11.7. The molecule has 0 aliphatic carbocycles. The number of amides is 1. The van der Waals surface area contributed by atoms with E-state index < -0.39 is 0 Å². The molecule has 2 heterocycles. The maximum atomic E-state index is 11.4. The summed E-state index contributed by atoms with van der Waals surface area (Å²) in [5, 5.41) is 1.11. The van der Waals surface area contributed by atoms with Crippen LogP contribution in [-0.4, -0.2) is 36.0 Å². The molecule has 0 spiro atoms. The van der Waals surface area contributed by atoms with Crippen molar-refractivity contribution < 1.29 is 9.53 Å². The highest BCUT2D eigenvalue weighted by molar-refractivity contribution is 5.88. The van der Waals surface area contributed by atoms with Crippen molar-refractivity contribution in [1.29, 1.82) is 0 Å². The highest BCUT2D eigenvalue weighted by atomic mass is 16.5. The first-order valence-electron chi connectivity index (χ1n) is 8.52. The molecule has 24 heavy (non-hydrogen) atoms. The Morgan fingerprint density at radius 1 is 1.33 bits per heavy atom. The van der Waals surface area contributed by atoms with Crippen LogP contribution in [0.4, 0.5) is 0 Å². The lowest BCUT2D eigenvalue weighted by molar-refractivity contribution is -0.130. The van der Waals surface area contributed by atoms with Gasteiger partial charge in [0.05, 0.1) is 12.6 Å². The quantitative estimate of drug-likeness (QED) is 0.856. The largest absolute Gasteiger partial charge is 0.497 e. The highest BCUT2D eigenvalue weighted by Crippen LogP contribution is 2.25. The molecule has 0 radical (unpaired) electrons. The Morgan fingerprint density at radius 3 is 2.83 bits per heavy atom. The zero-order chi connectivity index (χ0) is 16.9. The lowest BCUT2D eigenvalue weighted by Crippen LogP contribution is -2.36. The number of piperidine rings is 1. The van der Waals surface area contributed by atoms with Crippen molar-refractivity contribution in [3.05, 3.63) is 42.1 Å². The van der Waals surface area contributed by atoms with Gasteiger partial charge in [-0.3, -0.25) is 9.78 Å². The van der Waals surface area contributed by atoms with Crippen LogP contribution in [-0.2, 0) is 4.79 Å². The van der Waals surface area contributed by atoms with Crippen molar-refractivity contribution in [2.75, 3.05) is 20.2 Å². The molecule has 1 aliphatic heterocycles. The molecule has 0 saturated carbocycles. The molecule has 0 N–H and O–H groups in total. The van der Waals surface area contributed by atoms with E-state index in [9.17, 15) is 4.79 Å². The molecule has 1 fully saturated rings. The number of benzene rings is 1. The van der Waals surface area contributed by atoms with E-state index in [1.165, 1.54) is 5.56 Å². The molecule has 2 aromatic rings. The number of carbonyl (C=O) groups is 1. The number of hydrogen-bond donors (Lipinski definition) is 0. The van der Waals surface area contributed by atoms with Crippen LogP contribution >= 0.6 is 0 Å². The van der Waals surface area contributed by atoms with Crippen molar-refractivity contribution in [2.24, 2.45) is 5.92 Å². The molecule has 126 valence electrons. The first kappa shape index (κ1) is 16.5. The van der Waals surface area contributed by atoms with E-state index >= 15 is 0 Å². The van der Waals surface area contributed by atoms with Crippen LogP contribution < -0.4 is 4.74 Å². The predicted molar refractivity (Wildman–Crippen MR) is 96.9 cm³/mol. The zero-order valence-electron chi connectivity index (χ0n) is 14.4. The fourth-order valence-corrected chi connectivity index (χ4v) is 3.29. The van der Waals surface area contributed by atoms with Crippen molar-refractivity contribution in [3.63, 3.8) is 0 Å². The molecular weight excluding hydrogens is 300 g/mol. The number of allylic oxidation sites excluding steroid dienone is 1. The van der Waals surface area contributed by atoms with E-state index in [2.05, 4.69) is 17.1 Å². The summed E-state index contributed by atoms with van der Waals surface area (Å²) in [6.07, 6.45) is 9.52. The predicted octanol–water partition coefficient (Wildman–Crippen LogP) is 3.91. The molecule has 0 unspecified atom stereocenters. The maximum absolute atomic E-state index is 11.4. The van der Waals surface area contributed by atoms with Crippen LogP contribution in [0.25, 0.3) is 17.0 Å². The molecule has 1 saturated heterocycles. The van der Waals surface area contributed by atoms with Gasteiger partial charge in [-0.1, -0.05) is 12.2 Å². The van der Waals surface area contributed by atoms with E-state index in [-0.39, 0.29) is 5.91 Å². The Kier molecular flexibility index (Phi) is 5.14. The number of fused-ring (bicyclic) bond motifs is 1. The Hall–Kier alpha value is -2.36. The Morgan fingerprint density at radius 2 is 2.12 bits per heavy atom. The molecule has 4 heteroatoms. The average molecular weight is 324 g/mol. The monoisotopic (exact) mass is 324 g/mol. The van der Waals surface area contributed by atoms with Crippen LogP contribution in [0.15, 0.2) is 36.5 Å². The Bertz CT molecular complexity index is 746. The van der Waals surface area contributed by atoms with E-state index in [1.807, 2.05) is 35.4 Å². The van der Waals surface area contributed by atoms with Gasteiger partial charge >= 0.3 is 0 Å². The first-order valence-corrected chi connectivity index (χ1v) is 8.52. The smallest absolute Gasteiger partial charge is 0.219 e. The van der Waals surface area contributed by atoms with Crippen LogP contribution in [0, 0.1) is 5.92 Å². The van der Waals surface area contributed by atoms with E-state index in [0.29, 0.717) is 5.92 Å². The average Bonchev–Trinajstić information content (AvgIpc) is 2.62. The summed E-state index contributed by atoms with van der Waals surface area (Å²) in [5.74, 6) is 1.71. The normalized spacial score (nSPS) is 16.0. The van der Waals surface area contributed by atoms with Crippen molar-refractivity contribution in [1.82, 2.24) is 9.88 Å². The fraction of sp³-hybridized carbons (Fsp3) is 0.400. The number of hydrogen-bond acceptors (Lipinski definition) is 3. The molecule has 0 atom stereocenters. The number of ether oxygens (including phenoxy) is 1. The summed E-state index contributed by atoms with van der Waals surface area (Å²) in [5.41, 5.74) is 2.15. The van der Waals surface area contributed by atoms with Gasteiger partial charge in [0.1, 0.15) is 5.75 Å². The second kappa shape index (κ2) is 7.47. The standard InChI is InChI=1S/C20H24N2O2/c1-15(23)22-12-9-16(10-13-22)4-3-5-17-8-11-21-20-7-6-18(24-2)14-19(17)20/h3,5-8,11,14,16H,4,9-10,12-13H2,1-2H3/b5-3-. The van der Waals surface area contributed by atoms with Gasteiger partial charge < -0.3 is 9.64 Å². The molecule has 3 rings (SSSR count). The fourth-order valence-electron chi connectivity index (χ4n) is 3.29. The zero-order valence-corrected chi connectivity index (χ0v) is 14.4. The number of carbonyl (C=O) groups excluding carboxylic acids is 1. The van der Waals surface area contributed by atoms with E-state index in [4.69, 9.17) is 4.74 Å². The van der Waals surface area contributed by atoms with Crippen LogP contribution in [0.1, 0.15) is 31.7 Å². The van der Waals surface area contributed by atoms with E-state index in [1.54, 1.807) is 14.0 Å². The summed E-state index contributed by atoms with van der Waals surface area (Å²) in [4.78, 5) is 17.7. The Balaban J connectivity index is 1.67.